The quantitative estimate of drug-likeness (QED) is 0.722. The lowest BCUT2D eigenvalue weighted by atomic mass is 10.1. The average molecular weight is 448 g/mol. The number of benzene rings is 1. The van der Waals surface area contributed by atoms with Gasteiger partial charge in [-0.25, -0.2) is 9.37 Å². The Kier molecular flexibility index (Phi) is 5.30. The van der Waals surface area contributed by atoms with Crippen LogP contribution in [0.2, 0.25) is 0 Å². The van der Waals surface area contributed by atoms with Crippen molar-refractivity contribution in [3.8, 4) is 5.88 Å². The molecule has 2 saturated heterocycles. The first-order valence-corrected chi connectivity index (χ1v) is 9.92. The Morgan fingerprint density at radius 1 is 1.18 bits per heavy atom. The molecule has 2 aromatic rings. The van der Waals surface area contributed by atoms with E-state index in [0.717, 1.165) is 10.9 Å². The molecule has 0 spiro atoms. The summed E-state index contributed by atoms with van der Waals surface area (Å²) < 4.78 is 19.8. The number of likely N-dealkylation sites (tertiary alicyclic amines) is 1. The highest BCUT2D eigenvalue weighted by Crippen LogP contribution is 2.28. The lowest BCUT2D eigenvalue weighted by Crippen LogP contribution is -2.37. The van der Waals surface area contributed by atoms with E-state index in [4.69, 9.17) is 4.74 Å². The van der Waals surface area contributed by atoms with Gasteiger partial charge >= 0.3 is 0 Å². The third kappa shape index (κ3) is 4.01. The molecule has 146 valence electrons. The predicted molar refractivity (Wildman–Crippen MR) is 104 cm³/mol. The van der Waals surface area contributed by atoms with Crippen LogP contribution in [0.1, 0.15) is 12.8 Å². The van der Waals surface area contributed by atoms with Gasteiger partial charge < -0.3 is 14.5 Å². The molecule has 2 unspecified atom stereocenters. The van der Waals surface area contributed by atoms with Crippen LogP contribution in [0.4, 0.5) is 10.1 Å². The van der Waals surface area contributed by atoms with Crippen LogP contribution in [0.5, 0.6) is 5.88 Å². The van der Waals surface area contributed by atoms with Crippen LogP contribution in [0.15, 0.2) is 47.1 Å². The number of halogens is 2. The van der Waals surface area contributed by atoms with E-state index in [9.17, 15) is 14.0 Å². The van der Waals surface area contributed by atoms with Gasteiger partial charge in [-0.05, 0) is 46.3 Å². The van der Waals surface area contributed by atoms with Gasteiger partial charge in [-0.3, -0.25) is 9.59 Å². The first-order chi connectivity index (χ1) is 13.5. The van der Waals surface area contributed by atoms with Crippen LogP contribution in [0, 0.1) is 11.7 Å². The molecule has 28 heavy (non-hydrogen) atoms. The van der Waals surface area contributed by atoms with E-state index < -0.39 is 0 Å². The molecule has 4 rings (SSSR count). The van der Waals surface area contributed by atoms with E-state index in [1.165, 1.54) is 12.1 Å². The molecule has 8 heteroatoms. The summed E-state index contributed by atoms with van der Waals surface area (Å²) in [6.07, 6.45) is 2.46. The Balaban J connectivity index is 1.35. The maximum absolute atomic E-state index is 13.1. The summed E-state index contributed by atoms with van der Waals surface area (Å²) in [5.41, 5.74) is 0.616. The largest absolute Gasteiger partial charge is 0.472 e. The zero-order valence-corrected chi connectivity index (χ0v) is 16.6. The maximum Gasteiger partial charge on any atom is 0.228 e. The molecule has 2 aliphatic rings. The van der Waals surface area contributed by atoms with Crippen molar-refractivity contribution in [2.24, 2.45) is 5.92 Å². The lowest BCUT2D eigenvalue weighted by molar-refractivity contribution is -0.135. The summed E-state index contributed by atoms with van der Waals surface area (Å²) in [4.78, 5) is 32.7. The van der Waals surface area contributed by atoms with Gasteiger partial charge in [0.15, 0.2) is 0 Å². The van der Waals surface area contributed by atoms with Crippen molar-refractivity contribution in [1.29, 1.82) is 0 Å². The van der Waals surface area contributed by atoms with Gasteiger partial charge in [0.1, 0.15) is 11.9 Å². The fourth-order valence-corrected chi connectivity index (χ4v) is 3.86. The van der Waals surface area contributed by atoms with Crippen LogP contribution in [0.25, 0.3) is 0 Å². The summed E-state index contributed by atoms with van der Waals surface area (Å²) in [7, 11) is 0. The molecule has 0 N–H and O–H groups in total. The van der Waals surface area contributed by atoms with Crippen molar-refractivity contribution >= 4 is 33.4 Å². The van der Waals surface area contributed by atoms with E-state index in [2.05, 4.69) is 20.9 Å². The molecule has 3 heterocycles. The van der Waals surface area contributed by atoms with Crippen LogP contribution < -0.4 is 9.64 Å². The first kappa shape index (κ1) is 18.9. The second-order valence-corrected chi connectivity index (χ2v) is 7.92. The number of pyridine rings is 1. The normalized spacial score (nSPS) is 22.0. The number of aromatic nitrogens is 1. The average Bonchev–Trinajstić information content (AvgIpc) is 3.31. The third-order valence-electron chi connectivity index (χ3n) is 5.06. The summed E-state index contributed by atoms with van der Waals surface area (Å²) in [6.45, 7) is 1.40. The lowest BCUT2D eigenvalue weighted by Gasteiger charge is -2.21. The molecule has 0 radical (unpaired) electrons. The third-order valence-corrected chi connectivity index (χ3v) is 5.53. The number of hydrogen-bond donors (Lipinski definition) is 0. The molecular formula is C20H19BrFN3O3. The van der Waals surface area contributed by atoms with Crippen LogP contribution in [0.3, 0.4) is 0 Å². The highest BCUT2D eigenvalue weighted by atomic mass is 79.9. The smallest absolute Gasteiger partial charge is 0.228 e. The number of carbonyl (C=O) groups is 2. The van der Waals surface area contributed by atoms with Crippen molar-refractivity contribution in [2.75, 3.05) is 24.5 Å². The number of anilines is 1. The molecule has 6 nitrogen and oxygen atoms in total. The molecule has 2 fully saturated rings. The fourth-order valence-electron chi connectivity index (χ4n) is 3.63. The summed E-state index contributed by atoms with van der Waals surface area (Å²) in [5.74, 6) is -0.363. The number of hydrogen-bond acceptors (Lipinski definition) is 4. The fraction of sp³-hybridized carbons (Fsp3) is 0.350. The molecule has 0 bridgehead atoms. The van der Waals surface area contributed by atoms with Crippen LogP contribution in [-0.4, -0.2) is 47.4 Å². The summed E-state index contributed by atoms with van der Waals surface area (Å²) in [6, 6.07) is 9.39. The molecule has 0 saturated carbocycles. The monoisotopic (exact) mass is 447 g/mol. The van der Waals surface area contributed by atoms with Crippen LogP contribution >= 0.6 is 15.9 Å². The Labute approximate surface area is 170 Å². The van der Waals surface area contributed by atoms with Crippen molar-refractivity contribution in [1.82, 2.24) is 9.88 Å². The molecule has 2 amide bonds. The van der Waals surface area contributed by atoms with Crippen molar-refractivity contribution in [2.45, 2.75) is 18.9 Å². The number of amides is 2. The Hall–Kier alpha value is -2.48. The van der Waals surface area contributed by atoms with Gasteiger partial charge in [0.25, 0.3) is 0 Å². The first-order valence-electron chi connectivity index (χ1n) is 9.12. The number of ether oxygens (including phenoxy) is 1. The molecular weight excluding hydrogens is 429 g/mol. The standard InChI is InChI=1S/C20H19BrFN3O3/c21-14-1-6-18(23-10-14)28-17-7-8-24(12-17)20(27)13-9-19(26)25(11-13)16-4-2-15(22)3-5-16/h1-6,10,13,17H,7-9,11-12H2. The van der Waals surface area contributed by atoms with E-state index in [1.807, 2.05) is 6.07 Å². The van der Waals surface area contributed by atoms with Gasteiger partial charge in [-0.1, -0.05) is 0 Å². The highest BCUT2D eigenvalue weighted by molar-refractivity contribution is 9.10. The molecule has 0 aliphatic carbocycles. The number of carbonyl (C=O) groups excluding carboxylic acids is 2. The SMILES string of the molecule is O=C(C1CC(=O)N(c2ccc(F)cc2)C1)N1CCC(Oc2ccc(Br)cn2)C1. The number of nitrogens with zero attached hydrogens (tertiary/aromatic N) is 3. The molecule has 1 aromatic carbocycles. The Morgan fingerprint density at radius 2 is 1.96 bits per heavy atom. The van der Waals surface area contributed by atoms with Crippen LogP contribution in [-0.2, 0) is 9.59 Å². The van der Waals surface area contributed by atoms with E-state index in [0.29, 0.717) is 31.2 Å². The minimum atomic E-state index is -0.387. The molecule has 1 aromatic heterocycles. The van der Waals surface area contributed by atoms with Crippen molar-refractivity contribution in [3.63, 3.8) is 0 Å². The Morgan fingerprint density at radius 3 is 2.68 bits per heavy atom. The minimum absolute atomic E-state index is 0.0344. The van der Waals surface area contributed by atoms with Crippen molar-refractivity contribution < 1.29 is 18.7 Å². The van der Waals surface area contributed by atoms with Gasteiger partial charge in [-0.2, -0.15) is 0 Å². The number of rotatable bonds is 4. The topological polar surface area (TPSA) is 62.7 Å². The zero-order valence-electron chi connectivity index (χ0n) is 15.1. The van der Waals surface area contributed by atoms with E-state index >= 15 is 0 Å². The molecule has 2 atom stereocenters. The van der Waals surface area contributed by atoms with E-state index in [-0.39, 0.29) is 36.1 Å². The van der Waals surface area contributed by atoms with Gasteiger partial charge in [0, 0.05) is 48.4 Å². The zero-order chi connectivity index (χ0) is 19.7. The van der Waals surface area contributed by atoms with Gasteiger partial charge in [-0.15, -0.1) is 0 Å². The van der Waals surface area contributed by atoms with Gasteiger partial charge in [0.05, 0.1) is 12.5 Å². The maximum atomic E-state index is 13.1. The second-order valence-electron chi connectivity index (χ2n) is 7.01. The summed E-state index contributed by atoms with van der Waals surface area (Å²) >= 11 is 3.33. The molecule has 2 aliphatic heterocycles. The minimum Gasteiger partial charge on any atom is -0.472 e. The predicted octanol–water partition coefficient (Wildman–Crippen LogP) is 3.02. The van der Waals surface area contributed by atoms with E-state index in [1.54, 1.807) is 34.2 Å². The highest BCUT2D eigenvalue weighted by Gasteiger charge is 2.39. The summed E-state index contributed by atoms with van der Waals surface area (Å²) in [5, 5.41) is 0. The van der Waals surface area contributed by atoms with Crippen molar-refractivity contribution in [3.05, 3.63) is 52.9 Å². The Bertz CT molecular complexity index is 875. The van der Waals surface area contributed by atoms with Gasteiger partial charge in [0.2, 0.25) is 17.7 Å². The second kappa shape index (κ2) is 7.87.